The van der Waals surface area contributed by atoms with Gasteiger partial charge in [0.1, 0.15) is 17.3 Å². The number of anilines is 2. The Kier molecular flexibility index (Phi) is 8.32. The number of nitrogens with zero attached hydrogens (tertiary/aromatic N) is 3. The number of rotatable bonds is 8. The highest BCUT2D eigenvalue weighted by atomic mass is 35.5. The Morgan fingerprint density at radius 1 is 1.00 bits per heavy atom. The molecule has 1 unspecified atom stereocenters. The number of aromatic nitrogens is 2. The van der Waals surface area contributed by atoms with Crippen molar-refractivity contribution in [2.24, 2.45) is 11.3 Å². The molecule has 0 bridgehead atoms. The van der Waals surface area contributed by atoms with E-state index in [1.165, 1.54) is 6.92 Å². The molecule has 1 aromatic heterocycles. The predicted octanol–water partition coefficient (Wildman–Crippen LogP) is 4.88. The first-order chi connectivity index (χ1) is 23.4. The van der Waals surface area contributed by atoms with E-state index in [9.17, 15) is 28.0 Å². The van der Waals surface area contributed by atoms with Crippen LogP contribution in [0.1, 0.15) is 65.8 Å². The molecule has 5 amide bonds. The highest BCUT2D eigenvalue weighted by Gasteiger charge is 2.57. The number of amides is 5. The lowest BCUT2D eigenvalue weighted by Gasteiger charge is -2.44. The third kappa shape index (κ3) is 6.57. The second kappa shape index (κ2) is 12.4. The maximum Gasteiger partial charge on any atom is 0.318 e. The minimum atomic E-state index is -2.83. The van der Waals surface area contributed by atoms with Gasteiger partial charge in [0.25, 0.3) is 11.8 Å². The maximum atomic E-state index is 14.2. The average molecular weight is 696 g/mol. The van der Waals surface area contributed by atoms with E-state index in [2.05, 4.69) is 36.2 Å². The number of urea groups is 1. The summed E-state index contributed by atoms with van der Waals surface area (Å²) in [6.07, 6.45) is 1.65. The van der Waals surface area contributed by atoms with Gasteiger partial charge in [-0.15, -0.1) is 0 Å². The number of nitrogens with one attached hydrogen (secondary N) is 4. The van der Waals surface area contributed by atoms with Crippen LogP contribution in [0.15, 0.2) is 47.1 Å². The van der Waals surface area contributed by atoms with Gasteiger partial charge in [0.05, 0.1) is 0 Å². The number of benzene rings is 2. The number of hydrogen-bond donors (Lipinski definition) is 4. The van der Waals surface area contributed by atoms with Gasteiger partial charge >= 0.3 is 6.03 Å². The molecule has 1 spiro atoms. The average Bonchev–Trinajstić information content (AvgIpc) is 3.47. The highest BCUT2D eigenvalue weighted by Crippen LogP contribution is 2.50. The van der Waals surface area contributed by atoms with Gasteiger partial charge in [-0.05, 0) is 85.1 Å². The van der Waals surface area contributed by atoms with E-state index in [0.717, 1.165) is 24.0 Å². The summed E-state index contributed by atoms with van der Waals surface area (Å²) in [4.78, 5) is 56.1. The van der Waals surface area contributed by atoms with Crippen molar-refractivity contribution in [1.82, 2.24) is 25.8 Å². The van der Waals surface area contributed by atoms with Crippen LogP contribution in [0.5, 0.6) is 0 Å². The Balaban J connectivity index is 1.14. The summed E-state index contributed by atoms with van der Waals surface area (Å²) in [7, 11) is 0. The zero-order valence-corrected chi connectivity index (χ0v) is 27.5. The molecule has 1 saturated heterocycles. The molecule has 0 radical (unpaired) electrons. The Bertz CT molecular complexity index is 1820. The van der Waals surface area contributed by atoms with E-state index in [-0.39, 0.29) is 54.4 Å². The van der Waals surface area contributed by atoms with Crippen LogP contribution in [-0.4, -0.2) is 69.6 Å². The Hall–Kier alpha value is -4.59. The first kappa shape index (κ1) is 32.9. The molecule has 49 heavy (non-hydrogen) atoms. The fraction of sp³-hybridized carbons (Fsp3) is 0.471. The summed E-state index contributed by atoms with van der Waals surface area (Å²) in [5, 5.41) is 19.2. The standard InChI is InChI=1S/C34H36ClF2N7O5/c1-19-26(43-49-42-19)28(45)41-27(20-7-9-34(36,37)10-8-20)29(46)39-25-6-5-21-15-33(16-22(21)13-25,30(47)40-24-4-2-3-23(35)14-24)44-18-32(11-12-32)17-38-31(44)48/h2-6,13-14,20,27H,7-12,15-18H2,1H3,(H,38,48)(H,39,46)(H,40,47)(H,41,45)/t27-,33?/m0/s1. The van der Waals surface area contributed by atoms with Crippen molar-refractivity contribution < 1.29 is 32.6 Å². The van der Waals surface area contributed by atoms with Crippen LogP contribution in [0.25, 0.3) is 0 Å². The first-order valence-corrected chi connectivity index (χ1v) is 16.8. The van der Waals surface area contributed by atoms with E-state index >= 15 is 0 Å². The Morgan fingerprint density at radius 3 is 2.43 bits per heavy atom. The monoisotopic (exact) mass is 695 g/mol. The van der Waals surface area contributed by atoms with E-state index in [0.29, 0.717) is 29.5 Å². The third-order valence-electron chi connectivity index (χ3n) is 10.4. The van der Waals surface area contributed by atoms with Crippen molar-refractivity contribution in [1.29, 1.82) is 0 Å². The van der Waals surface area contributed by atoms with E-state index in [1.807, 2.05) is 6.07 Å². The molecule has 3 fully saturated rings. The van der Waals surface area contributed by atoms with Gasteiger partial charge in [-0.25, -0.2) is 18.2 Å². The quantitative estimate of drug-likeness (QED) is 0.262. The van der Waals surface area contributed by atoms with Crippen molar-refractivity contribution in [3.8, 4) is 0 Å². The minimum absolute atomic E-state index is 0.0370. The second-order valence-corrected chi connectivity index (χ2v) is 14.3. The van der Waals surface area contributed by atoms with Gasteiger partial charge < -0.3 is 26.2 Å². The van der Waals surface area contributed by atoms with E-state index in [4.69, 9.17) is 11.6 Å². The number of carbonyl (C=O) groups excluding carboxylic acids is 4. The molecule has 2 aromatic carbocycles. The van der Waals surface area contributed by atoms with Crippen molar-refractivity contribution in [2.75, 3.05) is 23.7 Å². The summed E-state index contributed by atoms with van der Waals surface area (Å²) in [6.45, 7) is 2.54. The second-order valence-electron chi connectivity index (χ2n) is 13.9. The molecule has 4 N–H and O–H groups in total. The van der Waals surface area contributed by atoms with E-state index < -0.39 is 48.1 Å². The van der Waals surface area contributed by atoms with Crippen LogP contribution in [0.2, 0.25) is 5.02 Å². The SMILES string of the molecule is Cc1nonc1C(=O)N[C@H](C(=O)Nc1ccc2c(c1)CC(C(=O)Nc1cccc(Cl)c1)(N1CC3(CC3)CNC1=O)C2)C1CCC(F)(F)CC1. The molecule has 258 valence electrons. The largest absolute Gasteiger partial charge is 0.338 e. The van der Waals surface area contributed by atoms with Crippen LogP contribution in [0.4, 0.5) is 25.0 Å². The summed E-state index contributed by atoms with van der Waals surface area (Å²) >= 11 is 6.19. The van der Waals surface area contributed by atoms with Crippen LogP contribution < -0.4 is 21.3 Å². The summed E-state index contributed by atoms with van der Waals surface area (Å²) in [5.74, 6) is -5.00. The number of aryl methyl sites for hydroxylation is 1. The lowest BCUT2D eigenvalue weighted by molar-refractivity contribution is -0.127. The number of carbonyl (C=O) groups is 4. The maximum absolute atomic E-state index is 14.2. The summed E-state index contributed by atoms with van der Waals surface area (Å²) < 4.78 is 32.7. The fourth-order valence-electron chi connectivity index (χ4n) is 7.36. The zero-order chi connectivity index (χ0) is 34.6. The smallest absolute Gasteiger partial charge is 0.318 e. The van der Waals surface area contributed by atoms with Gasteiger partial charge in [0.15, 0.2) is 5.69 Å². The van der Waals surface area contributed by atoms with Gasteiger partial charge in [0.2, 0.25) is 11.8 Å². The fourth-order valence-corrected chi connectivity index (χ4v) is 7.55. The number of halogens is 3. The normalized spacial score (nSPS) is 22.9. The topological polar surface area (TPSA) is 159 Å². The molecular weight excluding hydrogens is 660 g/mol. The van der Waals surface area contributed by atoms with Gasteiger partial charge in [-0.3, -0.25) is 14.4 Å². The summed E-state index contributed by atoms with van der Waals surface area (Å²) in [6, 6.07) is 10.6. The van der Waals surface area contributed by atoms with Crippen molar-refractivity contribution >= 4 is 46.7 Å². The van der Waals surface area contributed by atoms with Gasteiger partial charge in [0, 0.05) is 60.6 Å². The van der Waals surface area contributed by atoms with Crippen LogP contribution in [0, 0.1) is 18.3 Å². The third-order valence-corrected chi connectivity index (χ3v) is 10.7. The number of hydrogen-bond acceptors (Lipinski definition) is 7. The van der Waals surface area contributed by atoms with Gasteiger partial charge in [-0.2, -0.15) is 0 Å². The lowest BCUT2D eigenvalue weighted by atomic mass is 9.81. The number of fused-ring (bicyclic) bond motifs is 1. The van der Waals surface area contributed by atoms with Crippen LogP contribution in [-0.2, 0) is 22.4 Å². The molecule has 2 heterocycles. The Labute approximate surface area is 285 Å². The molecule has 2 atom stereocenters. The molecule has 15 heteroatoms. The Morgan fingerprint density at radius 2 is 1.73 bits per heavy atom. The summed E-state index contributed by atoms with van der Waals surface area (Å²) in [5.41, 5.74) is 1.33. The van der Waals surface area contributed by atoms with Crippen molar-refractivity contribution in [2.45, 2.75) is 75.8 Å². The molecule has 1 aliphatic heterocycles. The number of alkyl halides is 2. The molecule has 12 nitrogen and oxygen atoms in total. The van der Waals surface area contributed by atoms with Crippen molar-refractivity contribution in [3.05, 3.63) is 70.0 Å². The molecular formula is C34H36ClF2N7O5. The van der Waals surface area contributed by atoms with Crippen LogP contribution >= 0.6 is 11.6 Å². The molecule has 3 aliphatic carbocycles. The highest BCUT2D eigenvalue weighted by molar-refractivity contribution is 6.31. The van der Waals surface area contributed by atoms with Gasteiger partial charge in [-0.1, -0.05) is 28.9 Å². The first-order valence-electron chi connectivity index (χ1n) is 16.4. The minimum Gasteiger partial charge on any atom is -0.338 e. The lowest BCUT2D eigenvalue weighted by Crippen LogP contribution is -2.66. The van der Waals surface area contributed by atoms with Crippen LogP contribution in [0.3, 0.4) is 0 Å². The molecule has 2 saturated carbocycles. The molecule has 4 aliphatic rings. The molecule has 3 aromatic rings. The zero-order valence-electron chi connectivity index (χ0n) is 26.8. The van der Waals surface area contributed by atoms with E-state index in [1.54, 1.807) is 41.3 Å². The van der Waals surface area contributed by atoms with Crippen molar-refractivity contribution in [3.63, 3.8) is 0 Å². The predicted molar refractivity (Wildman–Crippen MR) is 174 cm³/mol. The molecule has 7 rings (SSSR count).